The molecule has 5 nitrogen and oxygen atoms in total. The third-order valence-electron chi connectivity index (χ3n) is 5.22. The van der Waals surface area contributed by atoms with Gasteiger partial charge in [0.1, 0.15) is 4.88 Å². The van der Waals surface area contributed by atoms with E-state index in [0.29, 0.717) is 10.6 Å². The van der Waals surface area contributed by atoms with Crippen LogP contribution in [0.3, 0.4) is 0 Å². The van der Waals surface area contributed by atoms with Gasteiger partial charge in [-0.2, -0.15) is 0 Å². The van der Waals surface area contributed by atoms with Crippen molar-refractivity contribution < 1.29 is 13.2 Å². The smallest absolute Gasteiger partial charge is 0.267 e. The van der Waals surface area contributed by atoms with Gasteiger partial charge in [-0.05, 0) is 64.4 Å². The fraction of sp³-hybridized carbons (Fsp3) is 0.0417. The molecule has 0 unspecified atom stereocenters. The molecular formula is C24H18N2O3S2. The highest BCUT2D eigenvalue weighted by molar-refractivity contribution is 7.92. The van der Waals surface area contributed by atoms with Gasteiger partial charge in [0.2, 0.25) is 0 Å². The monoisotopic (exact) mass is 446 g/mol. The van der Waals surface area contributed by atoms with Crippen molar-refractivity contribution in [3.8, 4) is 11.1 Å². The number of carbonyl (C=O) groups excluding carboxylic acids is 1. The van der Waals surface area contributed by atoms with Crippen LogP contribution in [0, 0.1) is 0 Å². The molecule has 5 rings (SSSR count). The van der Waals surface area contributed by atoms with Gasteiger partial charge in [-0.25, -0.2) is 8.42 Å². The lowest BCUT2D eigenvalue weighted by atomic mass is 10.1. The summed E-state index contributed by atoms with van der Waals surface area (Å²) >= 11 is 1.19. The van der Waals surface area contributed by atoms with Gasteiger partial charge in [0.25, 0.3) is 15.9 Å². The standard InChI is InChI=1S/C24H18N2O3S2/c27-24(23-22(12-13-30-23)26-31(28,29)19-7-2-1-3-8-19)25-18-10-11-21-17(15-18)14-16-6-4-5-9-20(16)21/h1-13,15,26H,14H2,(H,25,27). The molecule has 1 aliphatic rings. The Morgan fingerprint density at radius 3 is 2.42 bits per heavy atom. The second kappa shape index (κ2) is 7.68. The molecule has 4 aromatic rings. The van der Waals surface area contributed by atoms with Crippen LogP contribution in [-0.4, -0.2) is 14.3 Å². The SMILES string of the molecule is O=C(Nc1ccc2c(c1)Cc1ccccc1-2)c1sccc1NS(=O)(=O)c1ccccc1. The van der Waals surface area contributed by atoms with Crippen molar-refractivity contribution in [3.05, 3.63) is 100 Å². The number of sulfonamides is 1. The Morgan fingerprint density at radius 1 is 0.839 bits per heavy atom. The van der Waals surface area contributed by atoms with E-state index in [0.717, 1.165) is 12.0 Å². The zero-order chi connectivity index (χ0) is 21.4. The number of fused-ring (bicyclic) bond motifs is 3. The molecule has 0 saturated heterocycles. The van der Waals surface area contributed by atoms with Crippen LogP contribution in [0.2, 0.25) is 0 Å². The number of carbonyl (C=O) groups is 1. The molecule has 1 aromatic heterocycles. The molecule has 31 heavy (non-hydrogen) atoms. The molecule has 1 heterocycles. The van der Waals surface area contributed by atoms with E-state index in [1.165, 1.54) is 40.2 Å². The van der Waals surface area contributed by atoms with Gasteiger partial charge in [0.15, 0.2) is 0 Å². The molecule has 1 amide bonds. The van der Waals surface area contributed by atoms with E-state index in [4.69, 9.17) is 0 Å². The summed E-state index contributed by atoms with van der Waals surface area (Å²) in [6, 6.07) is 23.8. The van der Waals surface area contributed by atoms with Gasteiger partial charge in [0.05, 0.1) is 10.6 Å². The molecule has 0 fully saturated rings. The average Bonchev–Trinajstić information content (AvgIpc) is 3.38. The zero-order valence-electron chi connectivity index (χ0n) is 16.3. The normalized spacial score (nSPS) is 12.1. The van der Waals surface area contributed by atoms with Crippen LogP contribution in [0.1, 0.15) is 20.8 Å². The lowest BCUT2D eigenvalue weighted by Crippen LogP contribution is -2.17. The minimum absolute atomic E-state index is 0.144. The average molecular weight is 447 g/mol. The van der Waals surface area contributed by atoms with Crippen LogP contribution >= 0.6 is 11.3 Å². The van der Waals surface area contributed by atoms with Gasteiger partial charge in [-0.3, -0.25) is 9.52 Å². The van der Waals surface area contributed by atoms with Crippen LogP contribution in [0.5, 0.6) is 0 Å². The number of amides is 1. The minimum Gasteiger partial charge on any atom is -0.321 e. The summed E-state index contributed by atoms with van der Waals surface area (Å²) in [5, 5.41) is 4.59. The van der Waals surface area contributed by atoms with Crippen LogP contribution in [-0.2, 0) is 16.4 Å². The Balaban J connectivity index is 1.36. The predicted octanol–water partition coefficient (Wildman–Crippen LogP) is 5.37. The molecule has 0 aliphatic heterocycles. The summed E-state index contributed by atoms with van der Waals surface area (Å²) in [7, 11) is -3.77. The summed E-state index contributed by atoms with van der Waals surface area (Å²) in [5.41, 5.74) is 5.79. The summed E-state index contributed by atoms with van der Waals surface area (Å²) in [4.78, 5) is 13.4. The van der Waals surface area contributed by atoms with Crippen LogP contribution < -0.4 is 10.0 Å². The van der Waals surface area contributed by atoms with E-state index < -0.39 is 10.0 Å². The van der Waals surface area contributed by atoms with E-state index in [1.54, 1.807) is 29.6 Å². The highest BCUT2D eigenvalue weighted by Crippen LogP contribution is 2.37. The Labute approximate surface area is 184 Å². The lowest BCUT2D eigenvalue weighted by Gasteiger charge is -2.10. The van der Waals surface area contributed by atoms with Crippen LogP contribution in [0.25, 0.3) is 11.1 Å². The summed E-state index contributed by atoms with van der Waals surface area (Å²) in [6.45, 7) is 0. The molecule has 0 atom stereocenters. The predicted molar refractivity (Wildman–Crippen MR) is 124 cm³/mol. The number of rotatable bonds is 5. The van der Waals surface area contributed by atoms with E-state index in [1.807, 2.05) is 30.3 Å². The molecule has 0 spiro atoms. The van der Waals surface area contributed by atoms with E-state index in [-0.39, 0.29) is 16.5 Å². The van der Waals surface area contributed by atoms with Crippen molar-refractivity contribution >= 4 is 38.6 Å². The quantitative estimate of drug-likeness (QED) is 0.381. The maximum absolute atomic E-state index is 12.9. The molecular weight excluding hydrogens is 428 g/mol. The number of hydrogen-bond acceptors (Lipinski definition) is 4. The Hall–Kier alpha value is -3.42. The van der Waals surface area contributed by atoms with Crippen molar-refractivity contribution in [2.24, 2.45) is 0 Å². The summed E-state index contributed by atoms with van der Waals surface area (Å²) < 4.78 is 27.8. The maximum atomic E-state index is 12.9. The molecule has 154 valence electrons. The molecule has 3 aromatic carbocycles. The van der Waals surface area contributed by atoms with Gasteiger partial charge < -0.3 is 5.32 Å². The lowest BCUT2D eigenvalue weighted by molar-refractivity contribution is 0.103. The van der Waals surface area contributed by atoms with E-state index in [2.05, 4.69) is 22.2 Å². The van der Waals surface area contributed by atoms with Crippen molar-refractivity contribution in [2.75, 3.05) is 10.0 Å². The van der Waals surface area contributed by atoms with Crippen molar-refractivity contribution in [1.82, 2.24) is 0 Å². The topological polar surface area (TPSA) is 75.3 Å². The zero-order valence-corrected chi connectivity index (χ0v) is 18.0. The summed E-state index contributed by atoms with van der Waals surface area (Å²) in [5.74, 6) is -0.351. The third kappa shape index (κ3) is 3.73. The molecule has 1 aliphatic carbocycles. The Kier molecular flexibility index (Phi) is 4.84. The first-order valence-electron chi connectivity index (χ1n) is 9.69. The number of hydrogen-bond donors (Lipinski definition) is 2. The maximum Gasteiger partial charge on any atom is 0.267 e. The number of benzene rings is 3. The molecule has 0 saturated carbocycles. The number of thiophene rings is 1. The van der Waals surface area contributed by atoms with Gasteiger partial charge >= 0.3 is 0 Å². The Bertz CT molecular complexity index is 1390. The second-order valence-corrected chi connectivity index (χ2v) is 9.84. The van der Waals surface area contributed by atoms with Crippen molar-refractivity contribution in [3.63, 3.8) is 0 Å². The third-order valence-corrected chi connectivity index (χ3v) is 7.52. The highest BCUT2D eigenvalue weighted by Gasteiger charge is 2.21. The first-order chi connectivity index (χ1) is 15.0. The van der Waals surface area contributed by atoms with Gasteiger partial charge in [-0.1, -0.05) is 48.5 Å². The molecule has 7 heteroatoms. The number of nitrogens with one attached hydrogen (secondary N) is 2. The van der Waals surface area contributed by atoms with Crippen LogP contribution in [0.15, 0.2) is 89.1 Å². The van der Waals surface area contributed by atoms with Crippen LogP contribution in [0.4, 0.5) is 11.4 Å². The van der Waals surface area contributed by atoms with Gasteiger partial charge in [-0.15, -0.1) is 11.3 Å². The van der Waals surface area contributed by atoms with Crippen molar-refractivity contribution in [2.45, 2.75) is 11.3 Å². The van der Waals surface area contributed by atoms with E-state index >= 15 is 0 Å². The highest BCUT2D eigenvalue weighted by atomic mass is 32.2. The van der Waals surface area contributed by atoms with Gasteiger partial charge in [0, 0.05) is 5.69 Å². The molecule has 0 bridgehead atoms. The first-order valence-corrected chi connectivity index (χ1v) is 12.1. The fourth-order valence-corrected chi connectivity index (χ4v) is 5.68. The summed E-state index contributed by atoms with van der Waals surface area (Å²) in [6.07, 6.45) is 0.830. The molecule has 2 N–H and O–H groups in total. The first kappa shape index (κ1) is 19.5. The van der Waals surface area contributed by atoms with Crippen molar-refractivity contribution in [1.29, 1.82) is 0 Å². The fourth-order valence-electron chi connectivity index (χ4n) is 3.78. The largest absolute Gasteiger partial charge is 0.321 e. The van der Waals surface area contributed by atoms with E-state index in [9.17, 15) is 13.2 Å². The minimum atomic E-state index is -3.77. The second-order valence-electron chi connectivity index (χ2n) is 7.24. The Morgan fingerprint density at radius 2 is 1.58 bits per heavy atom. The number of anilines is 2. The molecule has 0 radical (unpaired) electrons.